The van der Waals surface area contributed by atoms with Crippen LogP contribution in [0, 0.1) is 0 Å². The van der Waals surface area contributed by atoms with E-state index < -0.39 is 6.16 Å². The maximum atomic E-state index is 8.56. The van der Waals surface area contributed by atoms with E-state index in [1.54, 1.807) is 0 Å². The molecule has 0 aliphatic rings. The van der Waals surface area contributed by atoms with Gasteiger partial charge in [0.2, 0.25) is 0 Å². The van der Waals surface area contributed by atoms with Crippen molar-refractivity contribution in [3.8, 4) is 0 Å². The number of hydrogen-bond acceptors (Lipinski definition) is 1. The van der Waals surface area contributed by atoms with E-state index in [9.17, 15) is 0 Å². The van der Waals surface area contributed by atoms with Gasteiger partial charge >= 0.3 is 6.16 Å². The Balaban J connectivity index is 0. The number of hydrogen-bond donors (Lipinski definition) is 2. The van der Waals surface area contributed by atoms with Crippen molar-refractivity contribution >= 4 is 6.16 Å². The number of carboxylic acid groups (broad SMARTS) is 2. The smallest absolute Gasteiger partial charge is 0.450 e. The molecular weight excluding hydrogens is 156 g/mol. The molecular formula is C9H16O3. The lowest BCUT2D eigenvalue weighted by Gasteiger charge is -1.90. The Bertz CT molecular complexity index is 162. The number of rotatable bonds is 2. The highest BCUT2D eigenvalue weighted by molar-refractivity contribution is 5.53. The first kappa shape index (κ1) is 13.3. The zero-order valence-electron chi connectivity index (χ0n) is 7.74. The normalized spacial score (nSPS) is 10.8. The molecule has 70 valence electrons. The van der Waals surface area contributed by atoms with Crippen LogP contribution in [0.15, 0.2) is 23.8 Å². The topological polar surface area (TPSA) is 57.5 Å². The first-order valence-corrected chi connectivity index (χ1v) is 3.78. The predicted molar refractivity (Wildman–Crippen MR) is 49.5 cm³/mol. The summed E-state index contributed by atoms with van der Waals surface area (Å²) in [6.45, 7) is 6.27. The van der Waals surface area contributed by atoms with Crippen LogP contribution in [0.5, 0.6) is 0 Å². The Morgan fingerprint density at radius 2 is 1.75 bits per heavy atom. The van der Waals surface area contributed by atoms with Gasteiger partial charge in [-0.25, -0.2) is 4.79 Å². The molecule has 0 saturated heterocycles. The molecule has 0 radical (unpaired) electrons. The van der Waals surface area contributed by atoms with Crippen LogP contribution in [0.2, 0.25) is 0 Å². The fourth-order valence-corrected chi connectivity index (χ4v) is 0.632. The minimum atomic E-state index is -1.83. The first-order chi connectivity index (χ1) is 5.58. The van der Waals surface area contributed by atoms with E-state index in [1.807, 2.05) is 6.92 Å². The van der Waals surface area contributed by atoms with Crippen LogP contribution in [-0.2, 0) is 0 Å². The molecule has 0 aromatic rings. The van der Waals surface area contributed by atoms with Crippen molar-refractivity contribution in [2.45, 2.75) is 27.2 Å². The minimum absolute atomic E-state index is 1.14. The van der Waals surface area contributed by atoms with Gasteiger partial charge in [0.05, 0.1) is 0 Å². The summed E-state index contributed by atoms with van der Waals surface area (Å²) in [4.78, 5) is 8.56. The van der Waals surface area contributed by atoms with E-state index in [4.69, 9.17) is 15.0 Å². The minimum Gasteiger partial charge on any atom is -0.450 e. The second-order valence-corrected chi connectivity index (χ2v) is 2.00. The van der Waals surface area contributed by atoms with Gasteiger partial charge in [-0.15, -0.1) is 0 Å². The molecule has 0 unspecified atom stereocenters. The second kappa shape index (κ2) is 9.75. The average Bonchev–Trinajstić information content (AvgIpc) is 1.99. The molecule has 0 aliphatic heterocycles. The summed E-state index contributed by atoms with van der Waals surface area (Å²) >= 11 is 0. The molecule has 0 aromatic heterocycles. The summed E-state index contributed by atoms with van der Waals surface area (Å²) in [5.74, 6) is 0. The van der Waals surface area contributed by atoms with Gasteiger partial charge in [-0.1, -0.05) is 30.7 Å². The molecule has 12 heavy (non-hydrogen) atoms. The van der Waals surface area contributed by atoms with Crippen molar-refractivity contribution in [3.05, 3.63) is 23.8 Å². The van der Waals surface area contributed by atoms with E-state index in [-0.39, 0.29) is 0 Å². The highest BCUT2D eigenvalue weighted by Gasteiger charge is 1.79. The lowest BCUT2D eigenvalue weighted by atomic mass is 10.2. The van der Waals surface area contributed by atoms with Crippen LogP contribution in [0.25, 0.3) is 0 Å². The third kappa shape index (κ3) is 15.9. The molecule has 3 heteroatoms. The Kier molecular flexibility index (Phi) is 10.8. The molecule has 3 nitrogen and oxygen atoms in total. The van der Waals surface area contributed by atoms with Gasteiger partial charge in [-0.2, -0.15) is 0 Å². The second-order valence-electron chi connectivity index (χ2n) is 2.00. The molecule has 0 amide bonds. The van der Waals surface area contributed by atoms with E-state index in [0.717, 1.165) is 6.42 Å². The molecule has 0 heterocycles. The summed E-state index contributed by atoms with van der Waals surface area (Å²) in [6, 6.07) is 0. The summed E-state index contributed by atoms with van der Waals surface area (Å²) in [6.07, 6.45) is 5.65. The van der Waals surface area contributed by atoms with Crippen LogP contribution in [0.4, 0.5) is 4.79 Å². The predicted octanol–water partition coefficient (Wildman–Crippen LogP) is 3.14. The summed E-state index contributed by atoms with van der Waals surface area (Å²) in [7, 11) is 0. The Labute approximate surface area is 73.0 Å². The van der Waals surface area contributed by atoms with E-state index in [0.29, 0.717) is 0 Å². The van der Waals surface area contributed by atoms with Crippen molar-refractivity contribution < 1.29 is 15.0 Å². The van der Waals surface area contributed by atoms with Gasteiger partial charge in [0.15, 0.2) is 0 Å². The molecule has 0 aromatic carbocycles. The van der Waals surface area contributed by atoms with E-state index >= 15 is 0 Å². The Hall–Kier alpha value is -1.25. The zero-order valence-corrected chi connectivity index (χ0v) is 7.74. The quantitative estimate of drug-likeness (QED) is 0.629. The van der Waals surface area contributed by atoms with Crippen LogP contribution in [0.3, 0.4) is 0 Å². The maximum absolute atomic E-state index is 8.56. The fourth-order valence-electron chi connectivity index (χ4n) is 0.632. The molecule has 0 spiro atoms. The third-order valence-electron chi connectivity index (χ3n) is 1.16. The van der Waals surface area contributed by atoms with Gasteiger partial charge in [-0.3, -0.25) is 0 Å². The lowest BCUT2D eigenvalue weighted by Crippen LogP contribution is -1.81. The van der Waals surface area contributed by atoms with Gasteiger partial charge < -0.3 is 10.2 Å². The molecule has 0 bridgehead atoms. The summed E-state index contributed by atoms with van der Waals surface area (Å²) < 4.78 is 0. The molecule has 0 aliphatic carbocycles. The van der Waals surface area contributed by atoms with Crippen LogP contribution in [-0.4, -0.2) is 16.4 Å². The Morgan fingerprint density at radius 1 is 1.33 bits per heavy atom. The zero-order chi connectivity index (χ0) is 9.98. The van der Waals surface area contributed by atoms with Crippen molar-refractivity contribution in [3.63, 3.8) is 0 Å². The lowest BCUT2D eigenvalue weighted by molar-refractivity contribution is 0.137. The largest absolute Gasteiger partial charge is 0.503 e. The molecule has 0 fully saturated rings. The third-order valence-corrected chi connectivity index (χ3v) is 1.16. The van der Waals surface area contributed by atoms with Crippen molar-refractivity contribution in [2.75, 3.05) is 0 Å². The Morgan fingerprint density at radius 3 is 1.83 bits per heavy atom. The highest BCUT2D eigenvalue weighted by Crippen LogP contribution is 2.00. The standard InChI is InChI=1S/C8H14.CH2O3/c1-4-7-8(5-2)6-3;2-1(3)4/h4-5,7H,6H2,1-3H3;(H2,2,3,4). The highest BCUT2D eigenvalue weighted by atomic mass is 16.6. The van der Waals surface area contributed by atoms with Crippen molar-refractivity contribution in [2.24, 2.45) is 0 Å². The molecule has 2 N–H and O–H groups in total. The SMILES string of the molecule is CC=CC(=CC)CC.O=C(O)O. The number of allylic oxidation sites excluding steroid dienone is 4. The van der Waals surface area contributed by atoms with Crippen LogP contribution >= 0.6 is 0 Å². The van der Waals surface area contributed by atoms with Gasteiger partial charge in [0.1, 0.15) is 0 Å². The molecule has 0 atom stereocenters. The van der Waals surface area contributed by atoms with E-state index in [2.05, 4.69) is 32.1 Å². The van der Waals surface area contributed by atoms with Crippen LogP contribution in [0.1, 0.15) is 27.2 Å². The monoisotopic (exact) mass is 172 g/mol. The summed E-state index contributed by atoms with van der Waals surface area (Å²) in [5, 5.41) is 13.9. The molecule has 0 rings (SSSR count). The van der Waals surface area contributed by atoms with Gasteiger partial charge in [-0.05, 0) is 20.3 Å². The first-order valence-electron chi connectivity index (χ1n) is 3.78. The maximum Gasteiger partial charge on any atom is 0.503 e. The van der Waals surface area contributed by atoms with E-state index in [1.165, 1.54) is 5.57 Å². The number of carbonyl (C=O) groups is 1. The van der Waals surface area contributed by atoms with Gasteiger partial charge in [0.25, 0.3) is 0 Å². The van der Waals surface area contributed by atoms with Crippen LogP contribution < -0.4 is 0 Å². The van der Waals surface area contributed by atoms with Crippen molar-refractivity contribution in [1.29, 1.82) is 0 Å². The van der Waals surface area contributed by atoms with Gasteiger partial charge in [0, 0.05) is 0 Å². The van der Waals surface area contributed by atoms with Crippen molar-refractivity contribution in [1.82, 2.24) is 0 Å². The fraction of sp³-hybridized carbons (Fsp3) is 0.444. The average molecular weight is 172 g/mol. The molecule has 0 saturated carbocycles. The summed E-state index contributed by atoms with van der Waals surface area (Å²) in [5.41, 5.74) is 1.41.